The van der Waals surface area contributed by atoms with Crippen LogP contribution in [0.1, 0.15) is 30.7 Å². The molecular formula is C17H24N2O2S. The normalized spacial score (nSPS) is 12.1. The molecule has 4 nitrogen and oxygen atoms in total. The van der Waals surface area contributed by atoms with Gasteiger partial charge >= 0.3 is 0 Å². The van der Waals surface area contributed by atoms with E-state index >= 15 is 0 Å². The lowest BCUT2D eigenvalue weighted by atomic mass is 10.2. The van der Waals surface area contributed by atoms with Crippen molar-refractivity contribution in [3.63, 3.8) is 0 Å². The summed E-state index contributed by atoms with van der Waals surface area (Å²) >= 11 is 0. The summed E-state index contributed by atoms with van der Waals surface area (Å²) < 4.78 is 27.8. The molecule has 0 radical (unpaired) electrons. The molecule has 0 aliphatic rings. The molecule has 1 aromatic heterocycles. The van der Waals surface area contributed by atoms with Crippen molar-refractivity contribution in [1.82, 2.24) is 4.57 Å². The molecular weight excluding hydrogens is 296 g/mol. The van der Waals surface area contributed by atoms with Gasteiger partial charge in [-0.1, -0.05) is 31.5 Å². The van der Waals surface area contributed by atoms with Gasteiger partial charge in [-0.3, -0.25) is 0 Å². The zero-order chi connectivity index (χ0) is 16.7. The number of aryl methyl sites for hydroxylation is 1. The zero-order valence-electron chi connectivity index (χ0n) is 13.8. The van der Waals surface area contributed by atoms with Gasteiger partial charge in [0.1, 0.15) is 10.7 Å². The van der Waals surface area contributed by atoms with Gasteiger partial charge in [0.05, 0.1) is 4.90 Å². The number of aromatic nitrogens is 1. The maximum absolute atomic E-state index is 12.9. The van der Waals surface area contributed by atoms with E-state index < -0.39 is 9.84 Å². The standard InChI is InChI=1S/C17H24N2O2S/c1-11(2)10-19-14(5)13(4)16(17(19)18)22(20,21)15-8-6-12(3)7-9-15/h6-9,11H,10,18H2,1-5H3. The Labute approximate surface area is 132 Å². The number of hydrogen-bond donors (Lipinski definition) is 1. The molecule has 1 aromatic carbocycles. The van der Waals surface area contributed by atoms with Gasteiger partial charge in [-0.05, 0) is 44.4 Å². The molecule has 2 rings (SSSR count). The van der Waals surface area contributed by atoms with Crippen molar-refractivity contribution in [2.24, 2.45) is 5.92 Å². The molecule has 0 saturated heterocycles. The van der Waals surface area contributed by atoms with E-state index in [-0.39, 0.29) is 9.79 Å². The number of anilines is 1. The average molecular weight is 320 g/mol. The monoisotopic (exact) mass is 320 g/mol. The van der Waals surface area contributed by atoms with Gasteiger partial charge in [-0.15, -0.1) is 0 Å². The number of rotatable bonds is 4. The molecule has 1 heterocycles. The molecule has 2 aromatic rings. The van der Waals surface area contributed by atoms with E-state index in [2.05, 4.69) is 13.8 Å². The highest BCUT2D eigenvalue weighted by Crippen LogP contribution is 2.33. The van der Waals surface area contributed by atoms with Crippen LogP contribution in [0.2, 0.25) is 0 Å². The molecule has 0 spiro atoms. The minimum Gasteiger partial charge on any atom is -0.384 e. The fourth-order valence-corrected chi connectivity index (χ4v) is 4.30. The third kappa shape index (κ3) is 2.77. The SMILES string of the molecule is Cc1ccc(S(=O)(=O)c2c(C)c(C)n(CC(C)C)c2N)cc1. The Bertz CT molecular complexity index is 785. The summed E-state index contributed by atoms with van der Waals surface area (Å²) in [4.78, 5) is 0.532. The van der Waals surface area contributed by atoms with Crippen molar-refractivity contribution in [3.8, 4) is 0 Å². The van der Waals surface area contributed by atoms with Crippen molar-refractivity contribution in [2.45, 2.75) is 51.0 Å². The number of nitrogens with two attached hydrogens (primary N) is 1. The summed E-state index contributed by atoms with van der Waals surface area (Å²) in [6, 6.07) is 6.88. The smallest absolute Gasteiger partial charge is 0.210 e. The van der Waals surface area contributed by atoms with Crippen LogP contribution in [0.3, 0.4) is 0 Å². The number of nitrogen functional groups attached to an aromatic ring is 1. The lowest BCUT2D eigenvalue weighted by Crippen LogP contribution is -2.11. The fourth-order valence-electron chi connectivity index (χ4n) is 2.64. The maximum atomic E-state index is 12.9. The fraction of sp³-hybridized carbons (Fsp3) is 0.412. The van der Waals surface area contributed by atoms with Crippen molar-refractivity contribution in [2.75, 3.05) is 5.73 Å². The first-order valence-electron chi connectivity index (χ1n) is 7.43. The number of benzene rings is 1. The summed E-state index contributed by atoms with van der Waals surface area (Å²) in [6.07, 6.45) is 0. The van der Waals surface area contributed by atoms with E-state index in [9.17, 15) is 8.42 Å². The van der Waals surface area contributed by atoms with Gasteiger partial charge in [0.15, 0.2) is 0 Å². The molecule has 0 bridgehead atoms. The second-order valence-electron chi connectivity index (χ2n) is 6.25. The Balaban J connectivity index is 2.64. The molecule has 0 unspecified atom stereocenters. The highest BCUT2D eigenvalue weighted by atomic mass is 32.2. The van der Waals surface area contributed by atoms with E-state index in [1.165, 1.54) is 0 Å². The third-order valence-electron chi connectivity index (χ3n) is 3.96. The summed E-state index contributed by atoms with van der Waals surface area (Å²) in [5.41, 5.74) is 8.86. The van der Waals surface area contributed by atoms with Crippen LogP contribution in [0.15, 0.2) is 34.1 Å². The van der Waals surface area contributed by atoms with Gasteiger partial charge in [0.25, 0.3) is 0 Å². The Hall–Kier alpha value is -1.75. The predicted molar refractivity (Wildman–Crippen MR) is 89.8 cm³/mol. The van der Waals surface area contributed by atoms with E-state index in [0.29, 0.717) is 18.3 Å². The minimum absolute atomic E-state index is 0.245. The predicted octanol–water partition coefficient (Wildman–Crippen LogP) is 3.48. The Morgan fingerprint density at radius 2 is 1.64 bits per heavy atom. The van der Waals surface area contributed by atoms with Gasteiger partial charge in [0.2, 0.25) is 9.84 Å². The third-order valence-corrected chi connectivity index (χ3v) is 5.90. The molecule has 0 amide bonds. The molecule has 5 heteroatoms. The highest BCUT2D eigenvalue weighted by molar-refractivity contribution is 7.91. The van der Waals surface area contributed by atoms with Crippen LogP contribution in [0.5, 0.6) is 0 Å². The molecule has 0 atom stereocenters. The van der Waals surface area contributed by atoms with Crippen LogP contribution in [-0.2, 0) is 16.4 Å². The molecule has 120 valence electrons. The van der Waals surface area contributed by atoms with Crippen LogP contribution in [-0.4, -0.2) is 13.0 Å². The first-order valence-corrected chi connectivity index (χ1v) is 8.91. The van der Waals surface area contributed by atoms with E-state index in [1.807, 2.05) is 25.3 Å². The quantitative estimate of drug-likeness (QED) is 0.938. The lowest BCUT2D eigenvalue weighted by molar-refractivity contribution is 0.520. The second kappa shape index (κ2) is 5.80. The lowest BCUT2D eigenvalue weighted by Gasteiger charge is -2.12. The molecule has 0 fully saturated rings. The average Bonchev–Trinajstić information content (AvgIpc) is 2.63. The van der Waals surface area contributed by atoms with E-state index in [4.69, 9.17) is 5.73 Å². The Morgan fingerprint density at radius 3 is 2.14 bits per heavy atom. The maximum Gasteiger partial charge on any atom is 0.210 e. The van der Waals surface area contributed by atoms with Gasteiger partial charge < -0.3 is 10.3 Å². The topological polar surface area (TPSA) is 65.1 Å². The number of sulfone groups is 1. The van der Waals surface area contributed by atoms with Gasteiger partial charge in [-0.25, -0.2) is 8.42 Å². The molecule has 2 N–H and O–H groups in total. The second-order valence-corrected chi connectivity index (χ2v) is 8.13. The number of nitrogens with zero attached hydrogens (tertiary/aromatic N) is 1. The summed E-state index contributed by atoms with van der Waals surface area (Å²) in [6.45, 7) is 10.6. The zero-order valence-corrected chi connectivity index (χ0v) is 14.7. The molecule has 22 heavy (non-hydrogen) atoms. The Morgan fingerprint density at radius 1 is 1.09 bits per heavy atom. The minimum atomic E-state index is -3.60. The van der Waals surface area contributed by atoms with Crippen LogP contribution < -0.4 is 5.73 Å². The van der Waals surface area contributed by atoms with Crippen LogP contribution in [0.25, 0.3) is 0 Å². The highest BCUT2D eigenvalue weighted by Gasteiger charge is 2.28. The van der Waals surface area contributed by atoms with Crippen molar-refractivity contribution < 1.29 is 8.42 Å². The Kier molecular flexibility index (Phi) is 4.38. The van der Waals surface area contributed by atoms with Crippen LogP contribution in [0.4, 0.5) is 5.82 Å². The van der Waals surface area contributed by atoms with Crippen molar-refractivity contribution in [1.29, 1.82) is 0 Å². The van der Waals surface area contributed by atoms with Gasteiger partial charge in [0, 0.05) is 12.2 Å². The molecule has 0 aliphatic carbocycles. The van der Waals surface area contributed by atoms with Gasteiger partial charge in [-0.2, -0.15) is 0 Å². The van der Waals surface area contributed by atoms with E-state index in [0.717, 1.165) is 16.8 Å². The van der Waals surface area contributed by atoms with Crippen LogP contribution in [0, 0.1) is 26.7 Å². The summed E-state index contributed by atoms with van der Waals surface area (Å²) in [7, 11) is -3.60. The summed E-state index contributed by atoms with van der Waals surface area (Å²) in [5, 5.41) is 0. The first-order chi connectivity index (χ1) is 10.2. The number of hydrogen-bond acceptors (Lipinski definition) is 3. The largest absolute Gasteiger partial charge is 0.384 e. The van der Waals surface area contributed by atoms with Crippen molar-refractivity contribution >= 4 is 15.7 Å². The molecule has 0 aliphatic heterocycles. The molecule has 0 saturated carbocycles. The summed E-state index contributed by atoms with van der Waals surface area (Å²) in [5.74, 6) is 0.729. The van der Waals surface area contributed by atoms with Crippen LogP contribution >= 0.6 is 0 Å². The van der Waals surface area contributed by atoms with E-state index in [1.54, 1.807) is 24.3 Å². The van der Waals surface area contributed by atoms with Crippen molar-refractivity contribution in [3.05, 3.63) is 41.1 Å². The first kappa shape index (κ1) is 16.6.